The molecular formula is C17H30N2O3. The van der Waals surface area contributed by atoms with Crippen molar-refractivity contribution < 1.29 is 14.3 Å². The van der Waals surface area contributed by atoms with E-state index in [1.54, 1.807) is 0 Å². The van der Waals surface area contributed by atoms with Crippen LogP contribution in [0.1, 0.15) is 51.9 Å². The zero-order valence-electron chi connectivity index (χ0n) is 13.8. The molecule has 0 N–H and O–H groups in total. The van der Waals surface area contributed by atoms with E-state index >= 15 is 0 Å². The van der Waals surface area contributed by atoms with Crippen molar-refractivity contribution in [3.8, 4) is 0 Å². The smallest absolute Gasteiger partial charge is 0.308 e. The van der Waals surface area contributed by atoms with Gasteiger partial charge in [-0.2, -0.15) is 0 Å². The molecule has 22 heavy (non-hydrogen) atoms. The Morgan fingerprint density at radius 1 is 1.00 bits per heavy atom. The number of rotatable bonds is 6. The number of esters is 1. The lowest BCUT2D eigenvalue weighted by Crippen LogP contribution is -2.55. The molecule has 1 aliphatic carbocycles. The number of carbonyl (C=O) groups excluding carboxylic acids is 1. The molecule has 3 fully saturated rings. The Balaban J connectivity index is 1.48. The third kappa shape index (κ3) is 3.81. The zero-order chi connectivity index (χ0) is 15.4. The summed E-state index contributed by atoms with van der Waals surface area (Å²) in [6.45, 7) is 7.03. The molecule has 2 heterocycles. The topological polar surface area (TPSA) is 42.0 Å². The highest BCUT2D eigenvalue weighted by Gasteiger charge is 2.35. The van der Waals surface area contributed by atoms with Crippen LogP contribution in [-0.4, -0.2) is 61.0 Å². The summed E-state index contributed by atoms with van der Waals surface area (Å²) in [5, 5.41) is 0. The SMILES string of the molecule is CCOC(=O)C1CCC(OC(N2CCCC2)N2CCC2)CC1. The molecule has 5 nitrogen and oxygen atoms in total. The summed E-state index contributed by atoms with van der Waals surface area (Å²) >= 11 is 0. The van der Waals surface area contributed by atoms with Crippen LogP contribution in [0.25, 0.3) is 0 Å². The van der Waals surface area contributed by atoms with E-state index in [1.807, 2.05) is 6.92 Å². The molecule has 0 aromatic carbocycles. The number of hydrogen-bond acceptors (Lipinski definition) is 5. The standard InChI is InChI=1S/C17H30N2O3/c1-2-21-16(20)14-6-8-15(9-7-14)22-17(19-12-5-13-19)18-10-3-4-11-18/h14-15,17H,2-13H2,1H3. The van der Waals surface area contributed by atoms with Gasteiger partial charge in [-0.15, -0.1) is 0 Å². The number of ether oxygens (including phenoxy) is 2. The van der Waals surface area contributed by atoms with Gasteiger partial charge in [0, 0.05) is 26.2 Å². The van der Waals surface area contributed by atoms with Crippen molar-refractivity contribution in [2.24, 2.45) is 5.92 Å². The first-order chi connectivity index (χ1) is 10.8. The van der Waals surface area contributed by atoms with Crippen LogP contribution in [0.15, 0.2) is 0 Å². The maximum absolute atomic E-state index is 11.8. The van der Waals surface area contributed by atoms with Crippen LogP contribution < -0.4 is 0 Å². The van der Waals surface area contributed by atoms with Crippen molar-refractivity contribution in [3.63, 3.8) is 0 Å². The van der Waals surface area contributed by atoms with Gasteiger partial charge in [0.05, 0.1) is 18.6 Å². The summed E-state index contributed by atoms with van der Waals surface area (Å²) in [4.78, 5) is 16.8. The molecule has 1 saturated carbocycles. The molecule has 0 spiro atoms. The zero-order valence-corrected chi connectivity index (χ0v) is 13.8. The number of carbonyl (C=O) groups is 1. The highest BCUT2D eigenvalue weighted by Crippen LogP contribution is 2.30. The highest BCUT2D eigenvalue weighted by atomic mass is 16.5. The third-order valence-corrected chi connectivity index (χ3v) is 5.26. The third-order valence-electron chi connectivity index (χ3n) is 5.26. The van der Waals surface area contributed by atoms with Gasteiger partial charge in [-0.05, 0) is 51.9 Å². The van der Waals surface area contributed by atoms with Gasteiger partial charge in [-0.25, -0.2) is 0 Å². The molecule has 1 unspecified atom stereocenters. The van der Waals surface area contributed by atoms with Crippen LogP contribution in [0, 0.1) is 5.92 Å². The molecule has 3 rings (SSSR count). The molecule has 0 amide bonds. The maximum Gasteiger partial charge on any atom is 0.308 e. The van der Waals surface area contributed by atoms with Crippen molar-refractivity contribution in [2.75, 3.05) is 32.8 Å². The average molecular weight is 310 g/mol. The first-order valence-electron chi connectivity index (χ1n) is 9.08. The van der Waals surface area contributed by atoms with Crippen LogP contribution in [0.5, 0.6) is 0 Å². The molecule has 0 bridgehead atoms. The van der Waals surface area contributed by atoms with E-state index in [4.69, 9.17) is 9.47 Å². The van der Waals surface area contributed by atoms with Gasteiger partial charge >= 0.3 is 5.97 Å². The molecule has 1 atom stereocenters. The van der Waals surface area contributed by atoms with Crippen LogP contribution >= 0.6 is 0 Å². The minimum atomic E-state index is -0.0141. The highest BCUT2D eigenvalue weighted by molar-refractivity contribution is 5.72. The van der Waals surface area contributed by atoms with E-state index in [9.17, 15) is 4.79 Å². The molecule has 3 aliphatic rings. The van der Waals surface area contributed by atoms with Crippen molar-refractivity contribution in [3.05, 3.63) is 0 Å². The number of nitrogens with zero attached hydrogens (tertiary/aromatic N) is 2. The lowest BCUT2D eigenvalue weighted by Gasteiger charge is -2.44. The Bertz CT molecular complexity index is 359. The molecule has 2 saturated heterocycles. The van der Waals surface area contributed by atoms with Gasteiger partial charge in [0.1, 0.15) is 0 Å². The Morgan fingerprint density at radius 3 is 2.09 bits per heavy atom. The van der Waals surface area contributed by atoms with Gasteiger partial charge in [-0.1, -0.05) is 0 Å². The summed E-state index contributed by atoms with van der Waals surface area (Å²) in [5.41, 5.74) is 0. The van der Waals surface area contributed by atoms with E-state index in [0.29, 0.717) is 12.7 Å². The fraction of sp³-hybridized carbons (Fsp3) is 0.941. The Kier molecular flexibility index (Phi) is 5.71. The van der Waals surface area contributed by atoms with E-state index in [-0.39, 0.29) is 18.2 Å². The molecule has 0 radical (unpaired) electrons. The van der Waals surface area contributed by atoms with Crippen molar-refractivity contribution in [1.29, 1.82) is 0 Å². The van der Waals surface area contributed by atoms with Crippen LogP contribution in [0.2, 0.25) is 0 Å². The molecule has 0 aromatic rings. The Labute approximate surface area is 133 Å². The monoisotopic (exact) mass is 310 g/mol. The Hall–Kier alpha value is -0.650. The van der Waals surface area contributed by atoms with E-state index < -0.39 is 0 Å². The van der Waals surface area contributed by atoms with Crippen molar-refractivity contribution >= 4 is 5.97 Å². The summed E-state index contributed by atoms with van der Waals surface area (Å²) in [7, 11) is 0. The quantitative estimate of drug-likeness (QED) is 0.704. The summed E-state index contributed by atoms with van der Waals surface area (Å²) in [6.07, 6.45) is 8.17. The summed E-state index contributed by atoms with van der Waals surface area (Å²) < 4.78 is 11.6. The molecule has 2 aliphatic heterocycles. The fourth-order valence-electron chi connectivity index (χ4n) is 3.79. The predicted molar refractivity (Wildman–Crippen MR) is 84.2 cm³/mol. The van der Waals surface area contributed by atoms with Crippen LogP contribution in [-0.2, 0) is 14.3 Å². The molecule has 126 valence electrons. The fourth-order valence-corrected chi connectivity index (χ4v) is 3.79. The molecule has 0 aromatic heterocycles. The Morgan fingerprint density at radius 2 is 1.59 bits per heavy atom. The minimum Gasteiger partial charge on any atom is -0.466 e. The minimum absolute atomic E-state index is 0.0141. The predicted octanol–water partition coefficient (Wildman–Crippen LogP) is 2.21. The summed E-state index contributed by atoms with van der Waals surface area (Å²) in [6, 6.07) is 0. The van der Waals surface area contributed by atoms with Gasteiger partial charge in [0.2, 0.25) is 0 Å². The lowest BCUT2D eigenvalue weighted by molar-refractivity contribution is -0.199. The van der Waals surface area contributed by atoms with Crippen LogP contribution in [0.4, 0.5) is 0 Å². The summed E-state index contributed by atoms with van der Waals surface area (Å²) in [5.74, 6) is 0.0776. The number of hydrogen-bond donors (Lipinski definition) is 0. The van der Waals surface area contributed by atoms with Gasteiger partial charge in [0.15, 0.2) is 6.35 Å². The maximum atomic E-state index is 11.8. The van der Waals surface area contributed by atoms with Crippen molar-refractivity contribution in [2.45, 2.75) is 64.3 Å². The molecule has 5 heteroatoms. The first-order valence-corrected chi connectivity index (χ1v) is 9.08. The second-order valence-corrected chi connectivity index (χ2v) is 6.82. The number of likely N-dealkylation sites (tertiary alicyclic amines) is 2. The molecular weight excluding hydrogens is 280 g/mol. The van der Waals surface area contributed by atoms with Gasteiger partial charge in [0.25, 0.3) is 0 Å². The second-order valence-electron chi connectivity index (χ2n) is 6.82. The van der Waals surface area contributed by atoms with E-state index in [1.165, 1.54) is 45.4 Å². The largest absolute Gasteiger partial charge is 0.466 e. The normalized spacial score (nSPS) is 31.7. The van der Waals surface area contributed by atoms with Gasteiger partial charge in [-0.3, -0.25) is 14.6 Å². The van der Waals surface area contributed by atoms with Gasteiger partial charge < -0.3 is 9.47 Å². The van der Waals surface area contributed by atoms with Crippen molar-refractivity contribution in [1.82, 2.24) is 9.80 Å². The first kappa shape index (κ1) is 16.2. The van der Waals surface area contributed by atoms with E-state index in [0.717, 1.165) is 25.7 Å². The second kappa shape index (κ2) is 7.75. The lowest BCUT2D eigenvalue weighted by atomic mass is 9.87. The van der Waals surface area contributed by atoms with Crippen LogP contribution in [0.3, 0.4) is 0 Å². The average Bonchev–Trinajstić information content (AvgIpc) is 3.00. The van der Waals surface area contributed by atoms with E-state index in [2.05, 4.69) is 9.80 Å².